The van der Waals surface area contributed by atoms with Gasteiger partial charge in [-0.3, -0.25) is 0 Å². The quantitative estimate of drug-likeness (QED) is 0.847. The number of aliphatic hydroxyl groups is 1. The SMILES string of the molecule is Cc1ccccc1CC(C)NCC(O)c1ccsc1. The Morgan fingerprint density at radius 1 is 1.26 bits per heavy atom. The summed E-state index contributed by atoms with van der Waals surface area (Å²) in [5.74, 6) is 0. The smallest absolute Gasteiger partial charge is 0.0922 e. The third-order valence-corrected chi connectivity index (χ3v) is 4.08. The number of rotatable bonds is 6. The van der Waals surface area contributed by atoms with Crippen molar-refractivity contribution in [1.82, 2.24) is 5.32 Å². The maximum atomic E-state index is 10.0. The molecule has 0 amide bonds. The minimum Gasteiger partial charge on any atom is -0.387 e. The lowest BCUT2D eigenvalue weighted by Gasteiger charge is -2.17. The fraction of sp³-hybridized carbons (Fsp3) is 0.375. The van der Waals surface area contributed by atoms with Crippen molar-refractivity contribution in [3.63, 3.8) is 0 Å². The standard InChI is InChI=1S/C16H21NOS/c1-12-5-3-4-6-14(12)9-13(2)17-10-16(18)15-7-8-19-11-15/h3-8,11,13,16-18H,9-10H2,1-2H3. The first-order valence-corrected chi connectivity index (χ1v) is 7.59. The average molecular weight is 275 g/mol. The highest BCUT2D eigenvalue weighted by Gasteiger charge is 2.10. The molecule has 102 valence electrons. The molecule has 0 radical (unpaired) electrons. The van der Waals surface area contributed by atoms with Crippen LogP contribution in [0.1, 0.15) is 29.7 Å². The number of benzene rings is 1. The number of hydrogen-bond acceptors (Lipinski definition) is 3. The fourth-order valence-electron chi connectivity index (χ4n) is 2.14. The number of hydrogen-bond donors (Lipinski definition) is 2. The Balaban J connectivity index is 1.82. The molecule has 0 aliphatic carbocycles. The van der Waals surface area contributed by atoms with Crippen LogP contribution in [0.15, 0.2) is 41.1 Å². The van der Waals surface area contributed by atoms with Gasteiger partial charge in [0.15, 0.2) is 0 Å². The second-order valence-electron chi connectivity index (χ2n) is 5.01. The van der Waals surface area contributed by atoms with E-state index in [-0.39, 0.29) is 0 Å². The number of aliphatic hydroxyl groups excluding tert-OH is 1. The van der Waals surface area contributed by atoms with Gasteiger partial charge in [0.05, 0.1) is 6.10 Å². The minimum atomic E-state index is -0.412. The molecular formula is C16H21NOS. The Morgan fingerprint density at radius 2 is 2.05 bits per heavy atom. The Kier molecular flexibility index (Phi) is 5.14. The Morgan fingerprint density at radius 3 is 2.74 bits per heavy atom. The van der Waals surface area contributed by atoms with Gasteiger partial charge < -0.3 is 10.4 Å². The van der Waals surface area contributed by atoms with Crippen LogP contribution in [0.4, 0.5) is 0 Å². The first-order valence-electron chi connectivity index (χ1n) is 6.65. The Labute approximate surface area is 119 Å². The molecule has 2 unspecified atom stereocenters. The highest BCUT2D eigenvalue weighted by Crippen LogP contribution is 2.16. The number of thiophene rings is 1. The largest absolute Gasteiger partial charge is 0.387 e. The summed E-state index contributed by atoms with van der Waals surface area (Å²) in [7, 11) is 0. The van der Waals surface area contributed by atoms with Crippen LogP contribution in [0.2, 0.25) is 0 Å². The molecule has 1 aromatic carbocycles. The van der Waals surface area contributed by atoms with Gasteiger partial charge in [-0.05, 0) is 53.8 Å². The van der Waals surface area contributed by atoms with Crippen LogP contribution in [0.3, 0.4) is 0 Å². The Hall–Kier alpha value is -1.16. The zero-order chi connectivity index (χ0) is 13.7. The van der Waals surface area contributed by atoms with Crippen molar-refractivity contribution >= 4 is 11.3 Å². The molecule has 1 heterocycles. The van der Waals surface area contributed by atoms with E-state index in [1.54, 1.807) is 11.3 Å². The topological polar surface area (TPSA) is 32.3 Å². The molecule has 19 heavy (non-hydrogen) atoms. The second kappa shape index (κ2) is 6.85. The molecule has 0 bridgehead atoms. The van der Waals surface area contributed by atoms with E-state index in [2.05, 4.69) is 43.4 Å². The molecule has 0 spiro atoms. The summed E-state index contributed by atoms with van der Waals surface area (Å²) < 4.78 is 0. The molecule has 0 fully saturated rings. The van der Waals surface area contributed by atoms with Crippen molar-refractivity contribution in [3.05, 3.63) is 57.8 Å². The second-order valence-corrected chi connectivity index (χ2v) is 5.79. The maximum absolute atomic E-state index is 10.0. The monoisotopic (exact) mass is 275 g/mol. The van der Waals surface area contributed by atoms with Crippen LogP contribution in [-0.2, 0) is 6.42 Å². The zero-order valence-corrected chi connectivity index (χ0v) is 12.3. The molecule has 2 N–H and O–H groups in total. The van der Waals surface area contributed by atoms with Crippen LogP contribution in [-0.4, -0.2) is 17.7 Å². The van der Waals surface area contributed by atoms with E-state index in [0.717, 1.165) is 12.0 Å². The highest BCUT2D eigenvalue weighted by atomic mass is 32.1. The molecule has 0 saturated heterocycles. The molecule has 0 saturated carbocycles. The van der Waals surface area contributed by atoms with Gasteiger partial charge in [-0.25, -0.2) is 0 Å². The summed E-state index contributed by atoms with van der Waals surface area (Å²) in [5.41, 5.74) is 3.70. The van der Waals surface area contributed by atoms with E-state index < -0.39 is 6.10 Å². The lowest BCUT2D eigenvalue weighted by molar-refractivity contribution is 0.171. The molecule has 2 aromatic rings. The lowest BCUT2D eigenvalue weighted by atomic mass is 10.0. The van der Waals surface area contributed by atoms with Gasteiger partial charge in [0.25, 0.3) is 0 Å². The van der Waals surface area contributed by atoms with Crippen molar-refractivity contribution in [1.29, 1.82) is 0 Å². The molecule has 2 rings (SSSR count). The van der Waals surface area contributed by atoms with Crippen LogP contribution in [0.25, 0.3) is 0 Å². The average Bonchev–Trinajstić information content (AvgIpc) is 2.93. The Bertz CT molecular complexity index is 495. The van der Waals surface area contributed by atoms with Crippen molar-refractivity contribution in [3.8, 4) is 0 Å². The van der Waals surface area contributed by atoms with Gasteiger partial charge >= 0.3 is 0 Å². The van der Waals surface area contributed by atoms with Crippen molar-refractivity contribution in [2.45, 2.75) is 32.4 Å². The van der Waals surface area contributed by atoms with Gasteiger partial charge in [0, 0.05) is 12.6 Å². The maximum Gasteiger partial charge on any atom is 0.0922 e. The summed E-state index contributed by atoms with van der Waals surface area (Å²) in [4.78, 5) is 0. The van der Waals surface area contributed by atoms with Crippen molar-refractivity contribution < 1.29 is 5.11 Å². The zero-order valence-electron chi connectivity index (χ0n) is 11.5. The molecule has 2 nitrogen and oxygen atoms in total. The van der Waals surface area contributed by atoms with Crippen LogP contribution in [0.5, 0.6) is 0 Å². The predicted octanol–water partition coefficient (Wildman–Crippen LogP) is 3.31. The highest BCUT2D eigenvalue weighted by molar-refractivity contribution is 7.07. The van der Waals surface area contributed by atoms with Crippen LogP contribution < -0.4 is 5.32 Å². The van der Waals surface area contributed by atoms with E-state index in [4.69, 9.17) is 0 Å². The predicted molar refractivity (Wildman–Crippen MR) is 81.6 cm³/mol. The van der Waals surface area contributed by atoms with Crippen LogP contribution >= 0.6 is 11.3 Å². The van der Waals surface area contributed by atoms with E-state index in [1.807, 2.05) is 16.8 Å². The normalized spacial score (nSPS) is 14.3. The van der Waals surface area contributed by atoms with Crippen molar-refractivity contribution in [2.75, 3.05) is 6.54 Å². The minimum absolute atomic E-state index is 0.356. The third-order valence-electron chi connectivity index (χ3n) is 3.37. The lowest BCUT2D eigenvalue weighted by Crippen LogP contribution is -2.32. The number of aryl methyl sites for hydroxylation is 1. The molecule has 0 aliphatic heterocycles. The molecule has 1 aromatic heterocycles. The van der Waals surface area contributed by atoms with Gasteiger partial charge in [-0.1, -0.05) is 24.3 Å². The summed E-state index contributed by atoms with van der Waals surface area (Å²) in [5, 5.41) is 17.4. The van der Waals surface area contributed by atoms with Crippen LogP contribution in [0, 0.1) is 6.92 Å². The number of nitrogens with one attached hydrogen (secondary N) is 1. The summed E-state index contributed by atoms with van der Waals surface area (Å²) in [6.45, 7) is 4.90. The summed E-state index contributed by atoms with van der Waals surface area (Å²) in [6, 6.07) is 10.8. The van der Waals surface area contributed by atoms with E-state index in [0.29, 0.717) is 12.6 Å². The van der Waals surface area contributed by atoms with E-state index >= 15 is 0 Å². The molecule has 0 aliphatic rings. The van der Waals surface area contributed by atoms with Crippen molar-refractivity contribution in [2.24, 2.45) is 0 Å². The molecule has 2 atom stereocenters. The van der Waals surface area contributed by atoms with E-state index in [1.165, 1.54) is 11.1 Å². The van der Waals surface area contributed by atoms with Gasteiger partial charge in [-0.15, -0.1) is 0 Å². The molecular weight excluding hydrogens is 254 g/mol. The summed E-state index contributed by atoms with van der Waals surface area (Å²) >= 11 is 1.62. The summed E-state index contributed by atoms with van der Waals surface area (Å²) in [6.07, 6.45) is 0.578. The third kappa shape index (κ3) is 4.16. The van der Waals surface area contributed by atoms with E-state index in [9.17, 15) is 5.11 Å². The van der Waals surface area contributed by atoms with Gasteiger partial charge in [-0.2, -0.15) is 11.3 Å². The van der Waals surface area contributed by atoms with Gasteiger partial charge in [0.2, 0.25) is 0 Å². The van der Waals surface area contributed by atoms with Gasteiger partial charge in [0.1, 0.15) is 0 Å². The molecule has 3 heteroatoms. The fourth-order valence-corrected chi connectivity index (χ4v) is 2.84. The first kappa shape index (κ1) is 14.3. The first-order chi connectivity index (χ1) is 9.16.